The molecule has 1 saturated heterocycles. The standard InChI is InChI=1S/C22H27BrN2O/c1-16(2)20-8-3-4-9-21(20)24-22(26)18-10-12-25(13-11-18)15-17-6-5-7-19(23)14-17/h3-9,14,16,18H,10-13,15H2,1-2H3,(H,24,26). The molecule has 3 nitrogen and oxygen atoms in total. The lowest BCUT2D eigenvalue weighted by Crippen LogP contribution is -2.37. The first-order valence-electron chi connectivity index (χ1n) is 9.39. The lowest BCUT2D eigenvalue weighted by atomic mass is 9.94. The number of hydrogen-bond acceptors (Lipinski definition) is 2. The molecule has 0 aromatic heterocycles. The summed E-state index contributed by atoms with van der Waals surface area (Å²) in [6.45, 7) is 7.20. The molecule has 0 bridgehead atoms. The SMILES string of the molecule is CC(C)c1ccccc1NC(=O)C1CCN(Cc2cccc(Br)c2)CC1. The lowest BCUT2D eigenvalue weighted by Gasteiger charge is -2.31. The van der Waals surface area contributed by atoms with E-state index >= 15 is 0 Å². The maximum atomic E-state index is 12.7. The van der Waals surface area contributed by atoms with Gasteiger partial charge in [-0.1, -0.05) is 60.1 Å². The van der Waals surface area contributed by atoms with Crippen LogP contribution in [0.25, 0.3) is 0 Å². The average molecular weight is 415 g/mol. The van der Waals surface area contributed by atoms with Crippen molar-refractivity contribution in [1.29, 1.82) is 0 Å². The molecule has 3 rings (SSSR count). The van der Waals surface area contributed by atoms with E-state index in [0.717, 1.165) is 42.6 Å². The molecule has 1 N–H and O–H groups in total. The third kappa shape index (κ3) is 4.95. The van der Waals surface area contributed by atoms with E-state index in [0.29, 0.717) is 5.92 Å². The van der Waals surface area contributed by atoms with Gasteiger partial charge in [-0.15, -0.1) is 0 Å². The summed E-state index contributed by atoms with van der Waals surface area (Å²) in [7, 11) is 0. The predicted octanol–water partition coefficient (Wildman–Crippen LogP) is 5.42. The van der Waals surface area contributed by atoms with E-state index in [1.54, 1.807) is 0 Å². The van der Waals surface area contributed by atoms with Gasteiger partial charge in [-0.25, -0.2) is 0 Å². The zero-order chi connectivity index (χ0) is 18.5. The quantitative estimate of drug-likeness (QED) is 0.707. The van der Waals surface area contributed by atoms with Crippen LogP contribution < -0.4 is 5.32 Å². The van der Waals surface area contributed by atoms with Crippen LogP contribution in [-0.4, -0.2) is 23.9 Å². The smallest absolute Gasteiger partial charge is 0.227 e. The average Bonchev–Trinajstić information content (AvgIpc) is 2.62. The molecule has 1 fully saturated rings. The van der Waals surface area contributed by atoms with Gasteiger partial charge >= 0.3 is 0 Å². The highest BCUT2D eigenvalue weighted by Gasteiger charge is 2.25. The molecule has 138 valence electrons. The zero-order valence-electron chi connectivity index (χ0n) is 15.5. The molecule has 26 heavy (non-hydrogen) atoms. The van der Waals surface area contributed by atoms with Crippen molar-refractivity contribution in [3.63, 3.8) is 0 Å². The van der Waals surface area contributed by atoms with E-state index < -0.39 is 0 Å². The zero-order valence-corrected chi connectivity index (χ0v) is 17.1. The van der Waals surface area contributed by atoms with Crippen molar-refractivity contribution in [3.05, 3.63) is 64.1 Å². The normalized spacial score (nSPS) is 16.0. The van der Waals surface area contributed by atoms with Gasteiger partial charge in [0.05, 0.1) is 0 Å². The van der Waals surface area contributed by atoms with Crippen LogP contribution in [0.5, 0.6) is 0 Å². The fraction of sp³-hybridized carbons (Fsp3) is 0.409. The minimum atomic E-state index is 0.106. The number of amides is 1. The number of halogens is 1. The van der Waals surface area contributed by atoms with Crippen molar-refractivity contribution < 1.29 is 4.79 Å². The highest BCUT2D eigenvalue weighted by molar-refractivity contribution is 9.10. The number of hydrogen-bond donors (Lipinski definition) is 1. The van der Waals surface area contributed by atoms with Crippen LogP contribution in [0.3, 0.4) is 0 Å². The van der Waals surface area contributed by atoms with Crippen LogP contribution in [0, 0.1) is 5.92 Å². The van der Waals surface area contributed by atoms with Crippen LogP contribution in [-0.2, 0) is 11.3 Å². The molecule has 2 aromatic carbocycles. The van der Waals surface area contributed by atoms with Gasteiger partial charge in [-0.05, 0) is 61.2 Å². The molecule has 0 spiro atoms. The van der Waals surface area contributed by atoms with Gasteiger partial charge in [0.15, 0.2) is 0 Å². The van der Waals surface area contributed by atoms with Crippen LogP contribution in [0.2, 0.25) is 0 Å². The van der Waals surface area contributed by atoms with Crippen LogP contribution >= 0.6 is 15.9 Å². The summed E-state index contributed by atoms with van der Waals surface area (Å²) >= 11 is 3.53. The molecule has 1 heterocycles. The van der Waals surface area contributed by atoms with E-state index in [4.69, 9.17) is 0 Å². The molecular weight excluding hydrogens is 388 g/mol. The van der Waals surface area contributed by atoms with E-state index in [1.807, 2.05) is 18.2 Å². The molecule has 0 saturated carbocycles. The molecule has 4 heteroatoms. The molecule has 0 aliphatic carbocycles. The van der Waals surface area contributed by atoms with Crippen LogP contribution in [0.15, 0.2) is 53.0 Å². The fourth-order valence-electron chi connectivity index (χ4n) is 3.60. The third-order valence-corrected chi connectivity index (χ3v) is 5.59. The third-order valence-electron chi connectivity index (χ3n) is 5.09. The van der Waals surface area contributed by atoms with E-state index in [-0.39, 0.29) is 11.8 Å². The van der Waals surface area contributed by atoms with Crippen molar-refractivity contribution >= 4 is 27.5 Å². The van der Waals surface area contributed by atoms with Crippen LogP contribution in [0.4, 0.5) is 5.69 Å². The molecular formula is C22H27BrN2O. The van der Waals surface area contributed by atoms with E-state index in [2.05, 4.69) is 70.3 Å². The summed E-state index contributed by atoms with van der Waals surface area (Å²) in [5, 5.41) is 3.17. The maximum absolute atomic E-state index is 12.7. The number of likely N-dealkylation sites (tertiary alicyclic amines) is 1. The van der Waals surface area contributed by atoms with E-state index in [1.165, 1.54) is 11.1 Å². The van der Waals surface area contributed by atoms with Gasteiger partial charge in [-0.2, -0.15) is 0 Å². The number of anilines is 1. The molecule has 2 aromatic rings. The number of carbonyl (C=O) groups is 1. The monoisotopic (exact) mass is 414 g/mol. The minimum Gasteiger partial charge on any atom is -0.326 e. The first-order valence-corrected chi connectivity index (χ1v) is 10.2. The summed E-state index contributed by atoms with van der Waals surface area (Å²) in [5.74, 6) is 0.674. The molecule has 0 radical (unpaired) electrons. The Morgan fingerprint density at radius 1 is 1.15 bits per heavy atom. The number of nitrogens with zero attached hydrogens (tertiary/aromatic N) is 1. The highest BCUT2D eigenvalue weighted by atomic mass is 79.9. The summed E-state index contributed by atoms with van der Waals surface area (Å²) in [5.41, 5.74) is 3.48. The van der Waals surface area contributed by atoms with Crippen molar-refractivity contribution in [1.82, 2.24) is 4.90 Å². The maximum Gasteiger partial charge on any atom is 0.227 e. The number of nitrogens with one attached hydrogen (secondary N) is 1. The van der Waals surface area contributed by atoms with Crippen LogP contribution in [0.1, 0.15) is 43.7 Å². The summed E-state index contributed by atoms with van der Waals surface area (Å²) in [4.78, 5) is 15.2. The molecule has 0 atom stereocenters. The summed E-state index contributed by atoms with van der Waals surface area (Å²) < 4.78 is 1.12. The topological polar surface area (TPSA) is 32.3 Å². The number of benzene rings is 2. The second-order valence-corrected chi connectivity index (χ2v) is 8.33. The second kappa shape index (κ2) is 8.83. The Bertz CT molecular complexity index is 751. The number of para-hydroxylation sites is 1. The molecule has 1 amide bonds. The number of carbonyl (C=O) groups excluding carboxylic acids is 1. The molecule has 0 unspecified atom stereocenters. The Balaban J connectivity index is 1.54. The minimum absolute atomic E-state index is 0.106. The Labute approximate surface area is 164 Å². The van der Waals surface area contributed by atoms with Gasteiger partial charge in [-0.3, -0.25) is 9.69 Å². The van der Waals surface area contributed by atoms with Gasteiger partial charge < -0.3 is 5.32 Å². The number of piperidine rings is 1. The van der Waals surface area contributed by atoms with Gasteiger partial charge in [0.25, 0.3) is 0 Å². The lowest BCUT2D eigenvalue weighted by molar-refractivity contribution is -0.121. The van der Waals surface area contributed by atoms with Crippen molar-refractivity contribution in [3.8, 4) is 0 Å². The second-order valence-electron chi connectivity index (χ2n) is 7.41. The predicted molar refractivity (Wildman–Crippen MR) is 111 cm³/mol. The van der Waals surface area contributed by atoms with Crippen molar-refractivity contribution in [2.24, 2.45) is 5.92 Å². The first-order chi connectivity index (χ1) is 12.5. The first kappa shape index (κ1) is 19.1. The molecule has 1 aliphatic heterocycles. The highest BCUT2D eigenvalue weighted by Crippen LogP contribution is 2.26. The van der Waals surface area contributed by atoms with Crippen molar-refractivity contribution in [2.75, 3.05) is 18.4 Å². The largest absolute Gasteiger partial charge is 0.326 e. The van der Waals surface area contributed by atoms with Gasteiger partial charge in [0.2, 0.25) is 5.91 Å². The Morgan fingerprint density at radius 3 is 2.58 bits per heavy atom. The Kier molecular flexibility index (Phi) is 6.49. The summed E-state index contributed by atoms with van der Waals surface area (Å²) in [6, 6.07) is 16.6. The van der Waals surface area contributed by atoms with E-state index in [9.17, 15) is 4.79 Å². The van der Waals surface area contributed by atoms with Crippen molar-refractivity contribution in [2.45, 2.75) is 39.2 Å². The Morgan fingerprint density at radius 2 is 1.88 bits per heavy atom. The fourth-order valence-corrected chi connectivity index (χ4v) is 4.04. The van der Waals surface area contributed by atoms with Gasteiger partial charge in [0, 0.05) is 22.6 Å². The van der Waals surface area contributed by atoms with Gasteiger partial charge in [0.1, 0.15) is 0 Å². The Hall–Kier alpha value is -1.65. The summed E-state index contributed by atoms with van der Waals surface area (Å²) in [6.07, 6.45) is 1.84. The number of rotatable bonds is 5. The molecule has 1 aliphatic rings.